The van der Waals surface area contributed by atoms with Crippen LogP contribution in [-0.4, -0.2) is 10.2 Å². The van der Waals surface area contributed by atoms with Gasteiger partial charge in [0.15, 0.2) is 0 Å². The zero-order chi connectivity index (χ0) is 9.97. The highest BCUT2D eigenvalue weighted by Crippen LogP contribution is 2.12. The van der Waals surface area contributed by atoms with Crippen LogP contribution < -0.4 is 5.73 Å². The molecule has 1 heterocycles. The largest absolute Gasteiger partial charge is 0.408 e. The molecule has 4 nitrogen and oxygen atoms in total. The van der Waals surface area contributed by atoms with E-state index in [1.807, 2.05) is 0 Å². The van der Waals surface area contributed by atoms with Crippen LogP contribution in [0.2, 0.25) is 0 Å². The summed E-state index contributed by atoms with van der Waals surface area (Å²) >= 11 is 0. The number of anilines is 1. The minimum absolute atomic E-state index is 0.00339. The minimum atomic E-state index is -0.288. The van der Waals surface area contributed by atoms with Crippen molar-refractivity contribution in [2.24, 2.45) is 0 Å². The number of nitrogen functional groups attached to an aromatic ring is 1. The highest BCUT2D eigenvalue weighted by atomic mass is 19.1. The molecule has 0 fully saturated rings. The smallest absolute Gasteiger partial charge is 0.312 e. The second kappa shape index (κ2) is 3.45. The molecule has 1 aromatic heterocycles. The SMILES string of the molecule is Nc1nnc(Cc2ccccc2F)o1. The van der Waals surface area contributed by atoms with Crippen LogP contribution in [0.5, 0.6) is 0 Å². The zero-order valence-electron chi connectivity index (χ0n) is 7.27. The van der Waals surface area contributed by atoms with Gasteiger partial charge < -0.3 is 10.2 Å². The predicted octanol–water partition coefficient (Wildman–Crippen LogP) is 1.38. The fourth-order valence-corrected chi connectivity index (χ4v) is 1.14. The number of nitrogens with zero attached hydrogens (tertiary/aromatic N) is 2. The summed E-state index contributed by atoms with van der Waals surface area (Å²) in [6.07, 6.45) is 0.261. The van der Waals surface area contributed by atoms with Gasteiger partial charge in [-0.15, -0.1) is 5.10 Å². The van der Waals surface area contributed by atoms with Crippen molar-refractivity contribution in [3.63, 3.8) is 0 Å². The number of halogens is 1. The Kier molecular flexibility index (Phi) is 2.14. The molecule has 0 atom stereocenters. The Labute approximate surface area is 79.6 Å². The molecule has 72 valence electrons. The molecule has 0 saturated carbocycles. The minimum Gasteiger partial charge on any atom is -0.408 e. The lowest BCUT2D eigenvalue weighted by atomic mass is 10.1. The molecule has 1 aromatic carbocycles. The highest BCUT2D eigenvalue weighted by Gasteiger charge is 2.07. The molecule has 0 aliphatic rings. The lowest BCUT2D eigenvalue weighted by Crippen LogP contribution is -1.92. The third kappa shape index (κ3) is 1.71. The van der Waals surface area contributed by atoms with Gasteiger partial charge >= 0.3 is 6.01 Å². The lowest BCUT2D eigenvalue weighted by molar-refractivity contribution is 0.515. The second-order valence-corrected chi connectivity index (χ2v) is 2.80. The molecule has 0 aliphatic carbocycles. The van der Waals surface area contributed by atoms with Crippen LogP contribution in [-0.2, 0) is 6.42 Å². The normalized spacial score (nSPS) is 10.4. The van der Waals surface area contributed by atoms with Gasteiger partial charge in [0.25, 0.3) is 0 Å². The number of nitrogens with two attached hydrogens (primary N) is 1. The van der Waals surface area contributed by atoms with E-state index in [-0.39, 0.29) is 18.3 Å². The fourth-order valence-electron chi connectivity index (χ4n) is 1.14. The summed E-state index contributed by atoms with van der Waals surface area (Å²) in [7, 11) is 0. The third-order valence-corrected chi connectivity index (χ3v) is 1.78. The summed E-state index contributed by atoms with van der Waals surface area (Å²) in [5, 5.41) is 7.12. The molecule has 2 N–H and O–H groups in total. The summed E-state index contributed by atoms with van der Waals surface area (Å²) in [4.78, 5) is 0. The maximum Gasteiger partial charge on any atom is 0.312 e. The Morgan fingerprint density at radius 2 is 2.07 bits per heavy atom. The first-order valence-corrected chi connectivity index (χ1v) is 4.07. The van der Waals surface area contributed by atoms with Gasteiger partial charge in [-0.2, -0.15) is 0 Å². The fraction of sp³-hybridized carbons (Fsp3) is 0.111. The number of rotatable bonds is 2. The zero-order valence-corrected chi connectivity index (χ0v) is 7.27. The molecule has 0 radical (unpaired) electrons. The lowest BCUT2D eigenvalue weighted by Gasteiger charge is -1.97. The van der Waals surface area contributed by atoms with E-state index in [4.69, 9.17) is 10.2 Å². The van der Waals surface area contributed by atoms with Crippen LogP contribution in [0.4, 0.5) is 10.4 Å². The van der Waals surface area contributed by atoms with Gasteiger partial charge in [0.1, 0.15) is 5.82 Å². The predicted molar refractivity (Wildman–Crippen MR) is 47.9 cm³/mol. The molecule has 0 unspecified atom stereocenters. The van der Waals surface area contributed by atoms with E-state index < -0.39 is 0 Å². The Morgan fingerprint density at radius 1 is 1.29 bits per heavy atom. The van der Waals surface area contributed by atoms with E-state index in [2.05, 4.69) is 10.2 Å². The Bertz CT molecular complexity index is 441. The molecule has 0 amide bonds. The Balaban J connectivity index is 2.23. The van der Waals surface area contributed by atoms with Crippen LogP contribution in [0.3, 0.4) is 0 Å². The maximum atomic E-state index is 13.2. The standard InChI is InChI=1S/C9H8FN3O/c10-7-4-2-1-3-6(7)5-8-12-13-9(11)14-8/h1-4H,5H2,(H2,11,13). The molecular formula is C9H8FN3O. The quantitative estimate of drug-likeness (QED) is 0.782. The van der Waals surface area contributed by atoms with Crippen molar-refractivity contribution in [1.29, 1.82) is 0 Å². The van der Waals surface area contributed by atoms with Crippen LogP contribution in [0.1, 0.15) is 11.5 Å². The van der Waals surface area contributed by atoms with Crippen LogP contribution in [0.15, 0.2) is 28.7 Å². The maximum absolute atomic E-state index is 13.2. The third-order valence-electron chi connectivity index (χ3n) is 1.78. The van der Waals surface area contributed by atoms with Gasteiger partial charge in [0.2, 0.25) is 5.89 Å². The van der Waals surface area contributed by atoms with Crippen molar-refractivity contribution in [3.8, 4) is 0 Å². The van der Waals surface area contributed by atoms with Crippen molar-refractivity contribution >= 4 is 6.01 Å². The monoisotopic (exact) mass is 193 g/mol. The molecule has 5 heteroatoms. The van der Waals surface area contributed by atoms with Gasteiger partial charge in [-0.25, -0.2) is 4.39 Å². The molecule has 2 aromatic rings. The van der Waals surface area contributed by atoms with Crippen LogP contribution >= 0.6 is 0 Å². The van der Waals surface area contributed by atoms with Gasteiger partial charge in [0.05, 0.1) is 6.42 Å². The van der Waals surface area contributed by atoms with Crippen LogP contribution in [0.25, 0.3) is 0 Å². The molecule has 0 saturated heterocycles. The van der Waals surface area contributed by atoms with Crippen molar-refractivity contribution in [2.45, 2.75) is 6.42 Å². The van der Waals surface area contributed by atoms with Crippen molar-refractivity contribution in [3.05, 3.63) is 41.5 Å². The first kappa shape index (κ1) is 8.68. The number of aromatic nitrogens is 2. The molecule has 0 bridgehead atoms. The van der Waals surface area contributed by atoms with E-state index in [0.717, 1.165) is 0 Å². The second-order valence-electron chi connectivity index (χ2n) is 2.80. The molecule has 14 heavy (non-hydrogen) atoms. The number of benzene rings is 1. The van der Waals surface area contributed by atoms with E-state index >= 15 is 0 Å². The van der Waals surface area contributed by atoms with Crippen molar-refractivity contribution in [1.82, 2.24) is 10.2 Å². The topological polar surface area (TPSA) is 64.9 Å². The average molecular weight is 193 g/mol. The van der Waals surface area contributed by atoms with Crippen molar-refractivity contribution in [2.75, 3.05) is 5.73 Å². The van der Waals surface area contributed by atoms with Crippen molar-refractivity contribution < 1.29 is 8.81 Å². The Hall–Kier alpha value is -1.91. The van der Waals surface area contributed by atoms with Crippen LogP contribution in [0, 0.1) is 5.82 Å². The van der Waals surface area contributed by atoms with Gasteiger partial charge in [0, 0.05) is 0 Å². The summed E-state index contributed by atoms with van der Waals surface area (Å²) in [6.45, 7) is 0. The highest BCUT2D eigenvalue weighted by molar-refractivity contribution is 5.20. The number of hydrogen-bond acceptors (Lipinski definition) is 4. The molecule has 0 aliphatic heterocycles. The van der Waals surface area contributed by atoms with E-state index in [1.54, 1.807) is 18.2 Å². The van der Waals surface area contributed by atoms with Gasteiger partial charge in [-0.3, -0.25) is 0 Å². The first-order valence-electron chi connectivity index (χ1n) is 4.07. The van der Waals surface area contributed by atoms with Gasteiger partial charge in [-0.1, -0.05) is 23.3 Å². The van der Waals surface area contributed by atoms with Gasteiger partial charge in [-0.05, 0) is 11.6 Å². The van der Waals surface area contributed by atoms with E-state index in [0.29, 0.717) is 11.5 Å². The van der Waals surface area contributed by atoms with E-state index in [1.165, 1.54) is 6.07 Å². The molecule has 2 rings (SSSR count). The Morgan fingerprint density at radius 3 is 2.71 bits per heavy atom. The molecular weight excluding hydrogens is 185 g/mol. The number of hydrogen-bond donors (Lipinski definition) is 1. The average Bonchev–Trinajstić information content (AvgIpc) is 2.56. The summed E-state index contributed by atoms with van der Waals surface area (Å²) in [5.41, 5.74) is 5.75. The first-order chi connectivity index (χ1) is 6.75. The summed E-state index contributed by atoms with van der Waals surface area (Å²) < 4.78 is 18.1. The molecule has 0 spiro atoms. The summed E-state index contributed by atoms with van der Waals surface area (Å²) in [5.74, 6) is 0.0249. The van der Waals surface area contributed by atoms with E-state index in [9.17, 15) is 4.39 Å². The summed E-state index contributed by atoms with van der Waals surface area (Å²) in [6, 6.07) is 6.42.